The van der Waals surface area contributed by atoms with Crippen LogP contribution in [0.2, 0.25) is 0 Å². The lowest BCUT2D eigenvalue weighted by molar-refractivity contribution is 0.419. The molecule has 0 radical (unpaired) electrons. The van der Waals surface area contributed by atoms with E-state index in [2.05, 4.69) is 9.36 Å². The second-order valence-electron chi connectivity index (χ2n) is 6.55. The molecule has 1 aliphatic rings. The number of aromatic nitrogens is 3. The SMILES string of the molecule is COc1c(-c2ccnc(F)c2)ccc2c(=O)c3c(=O)[nH]sc3n(C3CC3)c12. The molecule has 3 aromatic heterocycles. The van der Waals surface area contributed by atoms with Crippen molar-refractivity contribution in [3.8, 4) is 16.9 Å². The Hall–Kier alpha value is -3.00. The van der Waals surface area contributed by atoms with E-state index in [0.717, 1.165) is 24.4 Å². The van der Waals surface area contributed by atoms with Crippen molar-refractivity contribution in [3.05, 3.63) is 57.0 Å². The summed E-state index contributed by atoms with van der Waals surface area (Å²) in [6.07, 6.45) is 3.33. The van der Waals surface area contributed by atoms with Gasteiger partial charge in [-0.2, -0.15) is 4.39 Å². The van der Waals surface area contributed by atoms with Crippen molar-refractivity contribution in [2.45, 2.75) is 18.9 Å². The van der Waals surface area contributed by atoms with Crippen LogP contribution in [0.1, 0.15) is 18.9 Å². The Labute approximate surface area is 156 Å². The summed E-state index contributed by atoms with van der Waals surface area (Å²) in [4.78, 5) is 29.4. The molecule has 8 heteroatoms. The predicted molar refractivity (Wildman–Crippen MR) is 102 cm³/mol. The van der Waals surface area contributed by atoms with Gasteiger partial charge in [0.1, 0.15) is 10.2 Å². The zero-order chi connectivity index (χ0) is 18.7. The second kappa shape index (κ2) is 5.75. The molecule has 0 amide bonds. The van der Waals surface area contributed by atoms with E-state index in [4.69, 9.17) is 4.74 Å². The maximum atomic E-state index is 13.7. The van der Waals surface area contributed by atoms with E-state index in [0.29, 0.717) is 32.6 Å². The third-order valence-corrected chi connectivity index (χ3v) is 5.78. The first-order valence-electron chi connectivity index (χ1n) is 8.48. The molecule has 3 heterocycles. The van der Waals surface area contributed by atoms with Crippen LogP contribution in [0, 0.1) is 5.95 Å². The number of fused-ring (bicyclic) bond motifs is 2. The molecule has 1 N–H and O–H groups in total. The Kier molecular flexibility index (Phi) is 3.45. The van der Waals surface area contributed by atoms with Gasteiger partial charge in [-0.05, 0) is 48.1 Å². The Morgan fingerprint density at radius 3 is 2.81 bits per heavy atom. The average molecular weight is 383 g/mol. The third-order valence-electron chi connectivity index (χ3n) is 4.90. The van der Waals surface area contributed by atoms with Crippen LogP contribution >= 0.6 is 11.5 Å². The van der Waals surface area contributed by atoms with Crippen molar-refractivity contribution in [2.24, 2.45) is 0 Å². The minimum Gasteiger partial charge on any atom is -0.494 e. The number of methoxy groups -OCH3 is 1. The van der Waals surface area contributed by atoms with Gasteiger partial charge in [0.15, 0.2) is 5.75 Å². The second-order valence-corrected chi connectivity index (χ2v) is 7.35. The largest absolute Gasteiger partial charge is 0.494 e. The fourth-order valence-corrected chi connectivity index (χ4v) is 4.50. The van der Waals surface area contributed by atoms with Crippen LogP contribution in [-0.4, -0.2) is 21.0 Å². The number of ether oxygens (including phenoxy) is 1. The first-order chi connectivity index (χ1) is 13.1. The molecule has 0 aliphatic heterocycles. The number of nitrogens with zero attached hydrogens (tertiary/aromatic N) is 2. The van der Waals surface area contributed by atoms with E-state index in [1.807, 2.05) is 4.57 Å². The quantitative estimate of drug-likeness (QED) is 0.550. The van der Waals surface area contributed by atoms with Crippen molar-refractivity contribution in [2.75, 3.05) is 7.11 Å². The molecule has 27 heavy (non-hydrogen) atoms. The first kappa shape index (κ1) is 16.2. The molecular formula is C19H14FN3O3S. The molecule has 0 bridgehead atoms. The van der Waals surface area contributed by atoms with Crippen LogP contribution in [0.4, 0.5) is 4.39 Å². The highest BCUT2D eigenvalue weighted by Gasteiger charge is 2.30. The summed E-state index contributed by atoms with van der Waals surface area (Å²) < 4.78 is 24.0. The highest BCUT2D eigenvalue weighted by Crippen LogP contribution is 2.44. The zero-order valence-electron chi connectivity index (χ0n) is 14.3. The minimum atomic E-state index is -0.589. The topological polar surface area (TPSA) is 77.0 Å². The molecule has 4 aromatic rings. The van der Waals surface area contributed by atoms with Gasteiger partial charge in [-0.15, -0.1) is 0 Å². The Bertz CT molecular complexity index is 1330. The first-order valence-corrected chi connectivity index (χ1v) is 9.30. The van der Waals surface area contributed by atoms with Crippen molar-refractivity contribution in [1.29, 1.82) is 0 Å². The summed E-state index contributed by atoms with van der Waals surface area (Å²) in [5.41, 5.74) is 1.24. The van der Waals surface area contributed by atoms with Gasteiger partial charge in [-0.1, -0.05) is 0 Å². The number of rotatable bonds is 3. The number of halogens is 1. The molecule has 1 aromatic carbocycles. The molecule has 1 fully saturated rings. The molecule has 0 atom stereocenters. The smallest absolute Gasteiger partial charge is 0.271 e. The van der Waals surface area contributed by atoms with E-state index < -0.39 is 5.95 Å². The van der Waals surface area contributed by atoms with Gasteiger partial charge in [0, 0.05) is 23.9 Å². The summed E-state index contributed by atoms with van der Waals surface area (Å²) in [5, 5.41) is 0.609. The molecule has 0 spiro atoms. The summed E-state index contributed by atoms with van der Waals surface area (Å²) >= 11 is 1.16. The zero-order valence-corrected chi connectivity index (χ0v) is 15.1. The number of nitrogens with one attached hydrogen (secondary N) is 1. The number of benzene rings is 1. The normalized spacial score (nSPS) is 14.1. The van der Waals surface area contributed by atoms with E-state index in [1.54, 1.807) is 18.2 Å². The Morgan fingerprint density at radius 2 is 2.11 bits per heavy atom. The van der Waals surface area contributed by atoms with Crippen molar-refractivity contribution in [3.63, 3.8) is 0 Å². The number of pyridine rings is 2. The maximum absolute atomic E-state index is 13.7. The average Bonchev–Trinajstić information content (AvgIpc) is 3.43. The Morgan fingerprint density at radius 1 is 1.30 bits per heavy atom. The van der Waals surface area contributed by atoms with Gasteiger partial charge in [0.2, 0.25) is 11.4 Å². The summed E-state index contributed by atoms with van der Waals surface area (Å²) in [7, 11) is 1.53. The summed E-state index contributed by atoms with van der Waals surface area (Å²) in [5.74, 6) is -0.0987. The predicted octanol–water partition coefficient (Wildman–Crippen LogP) is 3.45. The number of hydrogen-bond donors (Lipinski definition) is 1. The van der Waals surface area contributed by atoms with Crippen LogP contribution in [-0.2, 0) is 0 Å². The van der Waals surface area contributed by atoms with Crippen LogP contribution in [0.25, 0.3) is 32.2 Å². The highest BCUT2D eigenvalue weighted by atomic mass is 32.1. The fourth-order valence-electron chi connectivity index (χ4n) is 3.58. The number of H-pyrrole nitrogens is 1. The number of hydrogen-bond acceptors (Lipinski definition) is 5. The number of aromatic amines is 1. The fraction of sp³-hybridized carbons (Fsp3) is 0.211. The van der Waals surface area contributed by atoms with Gasteiger partial charge in [-0.3, -0.25) is 14.0 Å². The van der Waals surface area contributed by atoms with E-state index in [-0.39, 0.29) is 22.4 Å². The lowest BCUT2D eigenvalue weighted by Gasteiger charge is -2.17. The summed E-state index contributed by atoms with van der Waals surface area (Å²) in [6, 6.07) is 6.64. The van der Waals surface area contributed by atoms with Crippen molar-refractivity contribution in [1.82, 2.24) is 13.9 Å². The van der Waals surface area contributed by atoms with Gasteiger partial charge in [0.25, 0.3) is 5.56 Å². The van der Waals surface area contributed by atoms with Crippen molar-refractivity contribution < 1.29 is 9.13 Å². The minimum absolute atomic E-state index is 0.184. The molecule has 1 aliphatic carbocycles. The van der Waals surface area contributed by atoms with Gasteiger partial charge < -0.3 is 9.30 Å². The molecule has 136 valence electrons. The molecule has 6 nitrogen and oxygen atoms in total. The van der Waals surface area contributed by atoms with Crippen LogP contribution in [0.5, 0.6) is 5.75 Å². The lowest BCUT2D eigenvalue weighted by atomic mass is 10.0. The van der Waals surface area contributed by atoms with E-state index in [9.17, 15) is 14.0 Å². The molecule has 5 rings (SSSR count). The molecule has 0 saturated heterocycles. The van der Waals surface area contributed by atoms with Gasteiger partial charge >= 0.3 is 0 Å². The van der Waals surface area contributed by atoms with Crippen molar-refractivity contribution >= 4 is 32.7 Å². The monoisotopic (exact) mass is 383 g/mol. The summed E-state index contributed by atoms with van der Waals surface area (Å²) in [6.45, 7) is 0. The highest BCUT2D eigenvalue weighted by molar-refractivity contribution is 7.12. The van der Waals surface area contributed by atoms with Gasteiger partial charge in [-0.25, -0.2) is 4.98 Å². The Balaban J connectivity index is 1.98. The standard InChI is InChI=1S/C19H14FN3O3S/c1-26-17-11(9-6-7-21-13(20)8-9)4-5-12-15(17)23(10-2-3-10)19-14(16(12)24)18(25)22-27-19/h4-8,10H,2-3H2,1H3,(H,22,25). The lowest BCUT2D eigenvalue weighted by Crippen LogP contribution is -2.15. The van der Waals surface area contributed by atoms with E-state index in [1.165, 1.54) is 19.4 Å². The van der Waals surface area contributed by atoms with Gasteiger partial charge in [0.05, 0.1) is 18.0 Å². The van der Waals surface area contributed by atoms with E-state index >= 15 is 0 Å². The van der Waals surface area contributed by atoms with Crippen LogP contribution in [0.15, 0.2) is 40.1 Å². The molecular weight excluding hydrogens is 369 g/mol. The molecule has 1 saturated carbocycles. The van der Waals surface area contributed by atoms with Crippen LogP contribution in [0.3, 0.4) is 0 Å². The molecule has 0 unspecified atom stereocenters. The maximum Gasteiger partial charge on any atom is 0.271 e. The van der Waals surface area contributed by atoms with Crippen LogP contribution < -0.4 is 15.7 Å². The third kappa shape index (κ3) is 2.33.